The summed E-state index contributed by atoms with van der Waals surface area (Å²) in [6.45, 7) is 0.148. The van der Waals surface area contributed by atoms with E-state index < -0.39 is 0 Å². The second kappa shape index (κ2) is 5.94. The lowest BCUT2D eigenvalue weighted by atomic mass is 9.63. The number of methoxy groups -OCH3 is 1. The lowest BCUT2D eigenvalue weighted by Crippen LogP contribution is -2.40. The molecule has 1 aromatic rings. The molecule has 4 aliphatic carbocycles. The van der Waals surface area contributed by atoms with Crippen LogP contribution in [0.5, 0.6) is 5.75 Å². The van der Waals surface area contributed by atoms with Crippen molar-refractivity contribution in [2.45, 2.75) is 12.8 Å². The van der Waals surface area contributed by atoms with Crippen molar-refractivity contribution in [3.05, 3.63) is 36.4 Å². The van der Waals surface area contributed by atoms with E-state index in [0.29, 0.717) is 23.3 Å². The number of hydrogen-bond donors (Lipinski definition) is 1. The summed E-state index contributed by atoms with van der Waals surface area (Å²) in [6.07, 6.45) is 5.57. The molecule has 1 saturated heterocycles. The number of imide groups is 1. The smallest absolute Gasteiger partial charge is 0.233 e. The van der Waals surface area contributed by atoms with E-state index >= 15 is 0 Å². The summed E-state index contributed by atoms with van der Waals surface area (Å²) in [7, 11) is 1.57. The first-order valence-corrected chi connectivity index (χ1v) is 9.56. The third-order valence-corrected chi connectivity index (χ3v) is 6.67. The predicted molar refractivity (Wildman–Crippen MR) is 97.7 cm³/mol. The van der Waals surface area contributed by atoms with Gasteiger partial charge < -0.3 is 10.1 Å². The van der Waals surface area contributed by atoms with Crippen molar-refractivity contribution < 1.29 is 19.1 Å². The maximum atomic E-state index is 12.9. The van der Waals surface area contributed by atoms with Gasteiger partial charge in [0, 0.05) is 24.7 Å². The van der Waals surface area contributed by atoms with E-state index in [9.17, 15) is 14.4 Å². The van der Waals surface area contributed by atoms with E-state index in [1.807, 2.05) is 0 Å². The van der Waals surface area contributed by atoms with Crippen LogP contribution in [-0.4, -0.2) is 36.3 Å². The molecule has 6 unspecified atom stereocenters. The Bertz CT molecular complexity index is 827. The Morgan fingerprint density at radius 2 is 1.81 bits per heavy atom. The van der Waals surface area contributed by atoms with E-state index in [0.717, 1.165) is 6.42 Å². The summed E-state index contributed by atoms with van der Waals surface area (Å²) < 4.78 is 5.14. The zero-order valence-corrected chi connectivity index (χ0v) is 15.1. The van der Waals surface area contributed by atoms with Crippen LogP contribution in [0.25, 0.3) is 0 Å². The molecular weight excluding hydrogens is 344 g/mol. The van der Waals surface area contributed by atoms with Crippen molar-refractivity contribution in [1.82, 2.24) is 4.90 Å². The molecule has 1 aromatic carbocycles. The molecular formula is C21H22N2O4. The van der Waals surface area contributed by atoms with Gasteiger partial charge in [0.05, 0.1) is 18.9 Å². The topological polar surface area (TPSA) is 75.7 Å². The minimum atomic E-state index is -0.220. The number of carbonyl (C=O) groups excluding carboxylic acids is 3. The summed E-state index contributed by atoms with van der Waals surface area (Å²) in [5.74, 6) is 1.51. The van der Waals surface area contributed by atoms with E-state index in [1.165, 1.54) is 4.90 Å². The van der Waals surface area contributed by atoms with Crippen LogP contribution >= 0.6 is 0 Å². The molecule has 2 saturated carbocycles. The van der Waals surface area contributed by atoms with Crippen molar-refractivity contribution in [3.8, 4) is 5.75 Å². The van der Waals surface area contributed by atoms with Gasteiger partial charge in [-0.25, -0.2) is 0 Å². The number of amides is 3. The fourth-order valence-electron chi connectivity index (χ4n) is 5.38. The number of anilines is 1. The number of allylic oxidation sites excluding steroid dienone is 2. The van der Waals surface area contributed by atoms with Gasteiger partial charge >= 0.3 is 0 Å². The Labute approximate surface area is 157 Å². The number of nitrogens with one attached hydrogen (secondary N) is 1. The molecule has 1 aliphatic heterocycles. The Balaban J connectivity index is 1.24. The molecule has 0 aromatic heterocycles. The highest BCUT2D eigenvalue weighted by Gasteiger charge is 2.66. The third kappa shape index (κ3) is 2.50. The number of ether oxygens (including phenoxy) is 1. The molecule has 3 amide bonds. The first-order chi connectivity index (χ1) is 13.1. The molecule has 5 aliphatic rings. The zero-order valence-electron chi connectivity index (χ0n) is 15.1. The maximum Gasteiger partial charge on any atom is 0.233 e. The lowest BCUT2D eigenvalue weighted by molar-refractivity contribution is -0.140. The number of nitrogens with zero attached hydrogens (tertiary/aromatic N) is 1. The number of hydrogen-bond acceptors (Lipinski definition) is 4. The summed E-state index contributed by atoms with van der Waals surface area (Å²) in [5, 5.41) is 2.80. The van der Waals surface area contributed by atoms with Crippen molar-refractivity contribution in [1.29, 1.82) is 0 Å². The van der Waals surface area contributed by atoms with E-state index in [2.05, 4.69) is 17.5 Å². The van der Waals surface area contributed by atoms with Gasteiger partial charge in [0.25, 0.3) is 0 Å². The van der Waals surface area contributed by atoms with Crippen LogP contribution in [0.15, 0.2) is 36.4 Å². The molecule has 0 radical (unpaired) electrons. The van der Waals surface area contributed by atoms with Crippen LogP contribution in [-0.2, 0) is 14.4 Å². The molecule has 27 heavy (non-hydrogen) atoms. The van der Waals surface area contributed by atoms with Gasteiger partial charge in [-0.1, -0.05) is 18.2 Å². The average Bonchev–Trinajstić information content (AvgIpc) is 3.45. The van der Waals surface area contributed by atoms with Gasteiger partial charge in [-0.3, -0.25) is 19.3 Å². The maximum absolute atomic E-state index is 12.9. The second-order valence-corrected chi connectivity index (χ2v) is 8.01. The SMILES string of the molecule is COc1cccc(NC(=O)CCN2C(=O)C3C4C=CC(C5CC45)C3C2=O)c1. The largest absolute Gasteiger partial charge is 0.497 e. The number of rotatable bonds is 5. The molecule has 6 atom stereocenters. The number of benzene rings is 1. The molecule has 140 valence electrons. The summed E-state index contributed by atoms with van der Waals surface area (Å²) in [6, 6.07) is 7.09. The van der Waals surface area contributed by atoms with Gasteiger partial charge in [0.1, 0.15) is 5.75 Å². The Morgan fingerprint density at radius 1 is 1.15 bits per heavy atom. The van der Waals surface area contributed by atoms with Gasteiger partial charge in [0.15, 0.2) is 0 Å². The molecule has 1 heterocycles. The summed E-state index contributed by atoms with van der Waals surface area (Å²) in [5.41, 5.74) is 0.634. The predicted octanol–water partition coefficient (Wildman–Crippen LogP) is 2.08. The van der Waals surface area contributed by atoms with Gasteiger partial charge in [0.2, 0.25) is 17.7 Å². The van der Waals surface area contributed by atoms with Gasteiger partial charge in [-0.15, -0.1) is 0 Å². The second-order valence-electron chi connectivity index (χ2n) is 8.01. The van der Waals surface area contributed by atoms with E-state index in [1.54, 1.807) is 31.4 Å². The summed E-state index contributed by atoms with van der Waals surface area (Å²) in [4.78, 5) is 39.4. The first kappa shape index (κ1) is 16.5. The Hall–Kier alpha value is -2.63. The highest BCUT2D eigenvalue weighted by molar-refractivity contribution is 6.06. The Morgan fingerprint density at radius 3 is 2.44 bits per heavy atom. The first-order valence-electron chi connectivity index (χ1n) is 9.56. The molecule has 6 rings (SSSR count). The molecule has 0 spiro atoms. The van der Waals surface area contributed by atoms with Crippen molar-refractivity contribution >= 4 is 23.4 Å². The number of likely N-dealkylation sites (tertiary alicyclic amines) is 1. The van der Waals surface area contributed by atoms with Crippen LogP contribution in [0.4, 0.5) is 5.69 Å². The van der Waals surface area contributed by atoms with Gasteiger partial charge in [-0.05, 0) is 42.2 Å². The van der Waals surface area contributed by atoms with Crippen LogP contribution in [0.2, 0.25) is 0 Å². The van der Waals surface area contributed by atoms with E-state index in [-0.39, 0.29) is 54.4 Å². The van der Waals surface area contributed by atoms with Crippen LogP contribution in [0.1, 0.15) is 12.8 Å². The Kier molecular flexibility index (Phi) is 3.64. The van der Waals surface area contributed by atoms with Crippen LogP contribution in [0.3, 0.4) is 0 Å². The van der Waals surface area contributed by atoms with Crippen LogP contribution < -0.4 is 10.1 Å². The normalized spacial score (nSPS) is 35.1. The fraction of sp³-hybridized carbons (Fsp3) is 0.476. The fourth-order valence-corrected chi connectivity index (χ4v) is 5.38. The highest BCUT2D eigenvalue weighted by atomic mass is 16.5. The molecule has 6 heteroatoms. The van der Waals surface area contributed by atoms with Gasteiger partial charge in [-0.2, -0.15) is 0 Å². The van der Waals surface area contributed by atoms with Crippen molar-refractivity contribution in [2.24, 2.45) is 35.5 Å². The zero-order chi connectivity index (χ0) is 18.7. The summed E-state index contributed by atoms with van der Waals surface area (Å²) >= 11 is 0. The quantitative estimate of drug-likeness (QED) is 0.639. The molecule has 6 nitrogen and oxygen atoms in total. The highest BCUT2D eigenvalue weighted by Crippen LogP contribution is 2.65. The van der Waals surface area contributed by atoms with Crippen molar-refractivity contribution in [2.75, 3.05) is 19.0 Å². The molecule has 1 N–H and O–H groups in total. The molecule has 3 fully saturated rings. The van der Waals surface area contributed by atoms with E-state index in [4.69, 9.17) is 4.74 Å². The standard InChI is InChI=1S/C21H22N2O4/c1-27-12-4-2-3-11(9-12)22-17(24)7-8-23-20(25)18-13-5-6-14(16-10-15(13)16)19(18)21(23)26/h2-6,9,13-16,18-19H,7-8,10H2,1H3,(H,22,24). The lowest BCUT2D eigenvalue weighted by Gasteiger charge is -2.37. The van der Waals surface area contributed by atoms with Crippen LogP contribution in [0, 0.1) is 35.5 Å². The molecule has 2 bridgehead atoms. The minimum absolute atomic E-state index is 0.0797. The average molecular weight is 366 g/mol. The monoisotopic (exact) mass is 366 g/mol. The third-order valence-electron chi connectivity index (χ3n) is 6.67. The minimum Gasteiger partial charge on any atom is -0.497 e. The van der Waals surface area contributed by atoms with Crippen molar-refractivity contribution in [3.63, 3.8) is 0 Å². The number of carbonyl (C=O) groups is 3.